The number of nitrogens with zero attached hydrogens (tertiary/aromatic N) is 2. The molecule has 0 fully saturated rings. The third-order valence-electron chi connectivity index (χ3n) is 5.08. The quantitative estimate of drug-likeness (QED) is 0.298. The normalized spacial score (nSPS) is 11.7. The van der Waals surface area contributed by atoms with E-state index in [0.29, 0.717) is 21.8 Å². The number of para-hydroxylation sites is 2. The van der Waals surface area contributed by atoms with Crippen molar-refractivity contribution in [2.75, 3.05) is 0 Å². The van der Waals surface area contributed by atoms with Crippen LogP contribution in [0.5, 0.6) is 11.5 Å². The van der Waals surface area contributed by atoms with E-state index < -0.39 is 28.3 Å². The van der Waals surface area contributed by atoms with Gasteiger partial charge in [0.05, 0.1) is 16.7 Å². The summed E-state index contributed by atoms with van der Waals surface area (Å²) in [6.45, 7) is 1.43. The van der Waals surface area contributed by atoms with Crippen LogP contribution in [0.25, 0.3) is 21.8 Å². The van der Waals surface area contributed by atoms with E-state index in [0.717, 1.165) is 0 Å². The number of hydrogen-bond acceptors (Lipinski definition) is 6. The fraction of sp³-hybridized carbons (Fsp3) is 0.0909. The first-order chi connectivity index (χ1) is 14.8. The lowest BCUT2D eigenvalue weighted by atomic mass is 10.1. The number of fused-ring (bicyclic) bond motifs is 2. The largest absolute Gasteiger partial charge is 0.506 e. The lowest BCUT2D eigenvalue weighted by Gasteiger charge is -2.11. The Morgan fingerprint density at radius 3 is 2.32 bits per heavy atom. The molecule has 0 aliphatic rings. The maximum Gasteiger partial charge on any atom is 0.280 e. The minimum absolute atomic E-state index is 0.0231. The lowest BCUT2D eigenvalue weighted by molar-refractivity contribution is 0.0950. The van der Waals surface area contributed by atoms with Crippen LogP contribution in [0.3, 0.4) is 0 Å². The number of aromatic hydroxyl groups is 2. The van der Waals surface area contributed by atoms with Gasteiger partial charge in [0.15, 0.2) is 0 Å². The zero-order valence-corrected chi connectivity index (χ0v) is 16.6. The second kappa shape index (κ2) is 7.45. The Labute approximate surface area is 174 Å². The van der Waals surface area contributed by atoms with Crippen molar-refractivity contribution in [1.82, 2.24) is 15.0 Å². The SMILES string of the molecule is C/C(=N\NC(=O)c1c(O)c2ccccc2n(C)c1=O)c1c(O)c2ccccc2[nH]c1=O. The van der Waals surface area contributed by atoms with Crippen molar-refractivity contribution in [3.05, 3.63) is 80.4 Å². The molecule has 2 aromatic carbocycles. The van der Waals surface area contributed by atoms with E-state index in [2.05, 4.69) is 15.5 Å². The monoisotopic (exact) mass is 418 g/mol. The molecule has 0 saturated carbocycles. The number of carbonyl (C=O) groups is 1. The Morgan fingerprint density at radius 1 is 0.968 bits per heavy atom. The summed E-state index contributed by atoms with van der Waals surface area (Å²) in [5.74, 6) is -1.69. The number of aryl methyl sites for hydroxylation is 1. The smallest absolute Gasteiger partial charge is 0.280 e. The van der Waals surface area contributed by atoms with Gasteiger partial charge in [-0.1, -0.05) is 24.3 Å². The van der Waals surface area contributed by atoms with Gasteiger partial charge >= 0.3 is 0 Å². The van der Waals surface area contributed by atoms with Gasteiger partial charge in [-0.05, 0) is 31.2 Å². The molecule has 0 radical (unpaired) electrons. The van der Waals surface area contributed by atoms with Crippen LogP contribution in [0, 0.1) is 0 Å². The summed E-state index contributed by atoms with van der Waals surface area (Å²) in [4.78, 5) is 40.3. The van der Waals surface area contributed by atoms with Crippen molar-refractivity contribution >= 4 is 33.4 Å². The highest BCUT2D eigenvalue weighted by Crippen LogP contribution is 2.26. The van der Waals surface area contributed by atoms with Gasteiger partial charge in [-0.2, -0.15) is 5.10 Å². The van der Waals surface area contributed by atoms with Crippen molar-refractivity contribution in [1.29, 1.82) is 0 Å². The Hall–Kier alpha value is -4.40. The van der Waals surface area contributed by atoms with Crippen LogP contribution in [0.4, 0.5) is 0 Å². The average molecular weight is 418 g/mol. The number of hydrogen-bond donors (Lipinski definition) is 4. The molecule has 2 aromatic heterocycles. The van der Waals surface area contributed by atoms with E-state index in [1.807, 2.05) is 0 Å². The Balaban J connectivity index is 1.75. The third-order valence-corrected chi connectivity index (χ3v) is 5.08. The molecular weight excluding hydrogens is 400 g/mol. The second-order valence-corrected chi connectivity index (χ2v) is 6.97. The van der Waals surface area contributed by atoms with Crippen LogP contribution in [-0.2, 0) is 7.05 Å². The van der Waals surface area contributed by atoms with E-state index >= 15 is 0 Å². The molecule has 0 aliphatic carbocycles. The summed E-state index contributed by atoms with van der Waals surface area (Å²) in [6.07, 6.45) is 0. The standard InChI is InChI=1S/C22H18N4O5/c1-11(16-18(27)12-7-3-5-9-14(12)23-20(16)29)24-25-21(30)17-19(28)13-8-4-6-10-15(13)26(2)22(17)31/h3-10,28H,1-2H3,(H,25,30)(H2,23,27,29)/b24-11+. The number of benzene rings is 2. The lowest BCUT2D eigenvalue weighted by Crippen LogP contribution is -2.31. The first kappa shape index (κ1) is 19.9. The number of H-pyrrole nitrogens is 1. The van der Waals surface area contributed by atoms with E-state index in [1.165, 1.54) is 18.5 Å². The highest BCUT2D eigenvalue weighted by molar-refractivity contribution is 6.07. The van der Waals surface area contributed by atoms with E-state index in [-0.39, 0.29) is 17.0 Å². The molecule has 31 heavy (non-hydrogen) atoms. The maximum atomic E-state index is 12.7. The second-order valence-electron chi connectivity index (χ2n) is 6.97. The van der Waals surface area contributed by atoms with Crippen LogP contribution in [0.1, 0.15) is 22.8 Å². The molecular formula is C22H18N4O5. The van der Waals surface area contributed by atoms with Gasteiger partial charge in [-0.3, -0.25) is 14.4 Å². The van der Waals surface area contributed by atoms with Crippen molar-refractivity contribution in [2.24, 2.45) is 12.1 Å². The molecule has 0 bridgehead atoms. The minimum Gasteiger partial charge on any atom is -0.506 e. The maximum absolute atomic E-state index is 12.7. The van der Waals surface area contributed by atoms with Gasteiger partial charge in [0, 0.05) is 17.8 Å². The number of rotatable bonds is 3. The molecule has 0 aliphatic heterocycles. The van der Waals surface area contributed by atoms with Crippen molar-refractivity contribution in [3.8, 4) is 11.5 Å². The molecule has 0 saturated heterocycles. The zero-order valence-electron chi connectivity index (χ0n) is 16.6. The summed E-state index contributed by atoms with van der Waals surface area (Å²) in [5.41, 5.74) is 1.25. The molecule has 4 rings (SSSR count). The summed E-state index contributed by atoms with van der Waals surface area (Å²) in [6, 6.07) is 13.3. The predicted octanol–water partition coefficient (Wildman–Crippen LogP) is 1.95. The molecule has 1 amide bonds. The highest BCUT2D eigenvalue weighted by atomic mass is 16.3. The summed E-state index contributed by atoms with van der Waals surface area (Å²) >= 11 is 0. The van der Waals surface area contributed by atoms with E-state index in [9.17, 15) is 24.6 Å². The van der Waals surface area contributed by atoms with Crippen LogP contribution in [0.2, 0.25) is 0 Å². The Morgan fingerprint density at radius 2 is 1.58 bits per heavy atom. The number of carbonyl (C=O) groups excluding carboxylic acids is 1. The molecule has 156 valence electrons. The van der Waals surface area contributed by atoms with Crippen LogP contribution >= 0.6 is 0 Å². The summed E-state index contributed by atoms with van der Waals surface area (Å²) in [5, 5.41) is 25.6. The Bertz CT molecular complexity index is 1510. The van der Waals surface area contributed by atoms with Gasteiger partial charge in [-0.25, -0.2) is 5.43 Å². The van der Waals surface area contributed by atoms with Crippen molar-refractivity contribution in [3.63, 3.8) is 0 Å². The molecule has 4 aromatic rings. The zero-order chi connectivity index (χ0) is 22.3. The fourth-order valence-corrected chi connectivity index (χ4v) is 3.49. The summed E-state index contributed by atoms with van der Waals surface area (Å²) in [7, 11) is 1.49. The molecule has 0 spiro atoms. The fourth-order valence-electron chi connectivity index (χ4n) is 3.49. The van der Waals surface area contributed by atoms with Crippen molar-refractivity contribution in [2.45, 2.75) is 6.92 Å². The predicted molar refractivity (Wildman–Crippen MR) is 117 cm³/mol. The molecule has 9 nitrogen and oxygen atoms in total. The number of nitrogens with one attached hydrogen (secondary N) is 2. The van der Waals surface area contributed by atoms with Gasteiger partial charge in [0.25, 0.3) is 17.0 Å². The van der Waals surface area contributed by atoms with Gasteiger partial charge in [-0.15, -0.1) is 0 Å². The first-order valence-corrected chi connectivity index (χ1v) is 9.31. The number of aromatic nitrogens is 2. The van der Waals surface area contributed by atoms with Crippen LogP contribution < -0.4 is 16.5 Å². The first-order valence-electron chi connectivity index (χ1n) is 9.31. The molecule has 4 N–H and O–H groups in total. The molecule has 0 atom stereocenters. The Kier molecular flexibility index (Phi) is 4.78. The molecule has 2 heterocycles. The molecule has 9 heteroatoms. The topological polar surface area (TPSA) is 137 Å². The minimum atomic E-state index is -0.945. The van der Waals surface area contributed by atoms with Gasteiger partial charge < -0.3 is 19.8 Å². The number of aromatic amines is 1. The van der Waals surface area contributed by atoms with E-state index in [1.54, 1.807) is 48.5 Å². The van der Waals surface area contributed by atoms with Gasteiger partial charge in [0.1, 0.15) is 22.6 Å². The third kappa shape index (κ3) is 3.21. The average Bonchev–Trinajstić information content (AvgIpc) is 2.76. The molecule has 0 unspecified atom stereocenters. The summed E-state index contributed by atoms with van der Waals surface area (Å²) < 4.78 is 1.25. The van der Waals surface area contributed by atoms with E-state index in [4.69, 9.17) is 0 Å². The number of pyridine rings is 2. The van der Waals surface area contributed by atoms with Gasteiger partial charge in [0.2, 0.25) is 0 Å². The van der Waals surface area contributed by atoms with Crippen LogP contribution in [-0.4, -0.2) is 31.4 Å². The number of hydrazone groups is 1. The van der Waals surface area contributed by atoms with Crippen LogP contribution in [0.15, 0.2) is 63.2 Å². The van der Waals surface area contributed by atoms with Crippen molar-refractivity contribution < 1.29 is 15.0 Å². The number of amides is 1. The highest BCUT2D eigenvalue weighted by Gasteiger charge is 2.21.